The number of hydrogen-bond acceptors (Lipinski definition) is 4. The molecule has 0 bridgehead atoms. The third-order valence-corrected chi connectivity index (χ3v) is 3.74. The van der Waals surface area contributed by atoms with Crippen molar-refractivity contribution in [3.63, 3.8) is 0 Å². The van der Waals surface area contributed by atoms with Crippen molar-refractivity contribution < 1.29 is 4.92 Å². The average molecular weight is 325 g/mol. The van der Waals surface area contributed by atoms with E-state index in [2.05, 4.69) is 21.0 Å². The zero-order valence-corrected chi connectivity index (χ0v) is 12.1. The first-order chi connectivity index (χ1) is 8.90. The number of nitrogens with zero attached hydrogens (tertiary/aromatic N) is 3. The van der Waals surface area contributed by atoms with Gasteiger partial charge in [0.2, 0.25) is 5.82 Å². The second-order valence-corrected chi connectivity index (χ2v) is 5.17. The molecule has 0 saturated carbocycles. The van der Waals surface area contributed by atoms with E-state index in [4.69, 9.17) is 5.73 Å². The van der Waals surface area contributed by atoms with Crippen LogP contribution in [0.5, 0.6) is 0 Å². The van der Waals surface area contributed by atoms with E-state index in [-0.39, 0.29) is 11.5 Å². The van der Waals surface area contributed by atoms with Crippen molar-refractivity contribution in [1.29, 1.82) is 0 Å². The van der Waals surface area contributed by atoms with Gasteiger partial charge in [0.25, 0.3) is 0 Å². The van der Waals surface area contributed by atoms with Crippen molar-refractivity contribution >= 4 is 27.4 Å². The van der Waals surface area contributed by atoms with Crippen molar-refractivity contribution in [3.05, 3.63) is 49.6 Å². The summed E-state index contributed by atoms with van der Waals surface area (Å²) in [4.78, 5) is 10.4. The molecule has 1 aromatic heterocycles. The molecular formula is C12H13BrN4O2. The van der Waals surface area contributed by atoms with Gasteiger partial charge in [0, 0.05) is 4.47 Å². The molecule has 1 heterocycles. The summed E-state index contributed by atoms with van der Waals surface area (Å²) in [5.41, 5.74) is 8.07. The lowest BCUT2D eigenvalue weighted by molar-refractivity contribution is -0.384. The Labute approximate surface area is 118 Å². The molecule has 0 unspecified atom stereocenters. The molecule has 0 spiro atoms. The van der Waals surface area contributed by atoms with Gasteiger partial charge in [0.15, 0.2) is 0 Å². The molecule has 0 atom stereocenters. The third-order valence-electron chi connectivity index (χ3n) is 2.89. The van der Waals surface area contributed by atoms with Crippen LogP contribution < -0.4 is 5.73 Å². The summed E-state index contributed by atoms with van der Waals surface area (Å²) in [7, 11) is 0. The van der Waals surface area contributed by atoms with Crippen LogP contribution in [-0.4, -0.2) is 14.7 Å². The molecule has 2 aromatic rings. The number of aromatic nitrogens is 2. The van der Waals surface area contributed by atoms with Crippen molar-refractivity contribution in [1.82, 2.24) is 9.78 Å². The predicted molar refractivity (Wildman–Crippen MR) is 76.0 cm³/mol. The third kappa shape index (κ3) is 2.60. The summed E-state index contributed by atoms with van der Waals surface area (Å²) in [5.74, 6) is 0.0826. The first-order valence-electron chi connectivity index (χ1n) is 5.62. The van der Waals surface area contributed by atoms with Crippen LogP contribution in [0.4, 0.5) is 11.5 Å². The van der Waals surface area contributed by atoms with Gasteiger partial charge in [-0.15, -0.1) is 0 Å². The Bertz CT molecular complexity index is 651. The first kappa shape index (κ1) is 13.5. The summed E-state index contributed by atoms with van der Waals surface area (Å²) in [6.45, 7) is 3.97. The number of benzene rings is 1. The lowest BCUT2D eigenvalue weighted by atomic mass is 10.1. The highest BCUT2D eigenvalue weighted by Crippen LogP contribution is 2.26. The van der Waals surface area contributed by atoms with Crippen LogP contribution in [0.25, 0.3) is 0 Å². The molecule has 6 nitrogen and oxygen atoms in total. The van der Waals surface area contributed by atoms with E-state index in [1.54, 1.807) is 6.92 Å². The molecule has 2 N–H and O–H groups in total. The van der Waals surface area contributed by atoms with Crippen molar-refractivity contribution in [2.24, 2.45) is 0 Å². The fraction of sp³-hybridized carbons (Fsp3) is 0.250. The van der Waals surface area contributed by atoms with Crippen LogP contribution in [0.2, 0.25) is 0 Å². The molecule has 0 aliphatic carbocycles. The average Bonchev–Trinajstić information content (AvgIpc) is 2.59. The minimum atomic E-state index is -0.501. The van der Waals surface area contributed by atoms with Gasteiger partial charge in [-0.2, -0.15) is 5.10 Å². The largest absolute Gasteiger partial charge is 0.378 e. The molecule has 0 fully saturated rings. The molecule has 100 valence electrons. The van der Waals surface area contributed by atoms with Gasteiger partial charge >= 0.3 is 5.69 Å². The molecule has 1 aromatic carbocycles. The fourth-order valence-electron chi connectivity index (χ4n) is 1.84. The maximum Gasteiger partial charge on any atom is 0.333 e. The Morgan fingerprint density at radius 2 is 2.16 bits per heavy atom. The van der Waals surface area contributed by atoms with Gasteiger partial charge in [-0.25, -0.2) is 4.68 Å². The number of aryl methyl sites for hydroxylation is 2. The molecule has 0 saturated heterocycles. The van der Waals surface area contributed by atoms with Gasteiger partial charge in [0.1, 0.15) is 5.69 Å². The van der Waals surface area contributed by atoms with E-state index in [0.717, 1.165) is 15.6 Å². The number of nitrogen functional groups attached to an aromatic ring is 1. The van der Waals surface area contributed by atoms with Crippen LogP contribution in [0.15, 0.2) is 22.7 Å². The van der Waals surface area contributed by atoms with Gasteiger partial charge < -0.3 is 5.73 Å². The molecule has 19 heavy (non-hydrogen) atoms. The van der Waals surface area contributed by atoms with E-state index in [0.29, 0.717) is 12.2 Å². The Morgan fingerprint density at radius 1 is 1.47 bits per heavy atom. The molecule has 2 rings (SSSR count). The summed E-state index contributed by atoms with van der Waals surface area (Å²) in [6.07, 6.45) is 0. The van der Waals surface area contributed by atoms with Gasteiger partial charge in [-0.05, 0) is 31.0 Å². The monoisotopic (exact) mass is 324 g/mol. The topological polar surface area (TPSA) is 87.0 Å². The maximum absolute atomic E-state index is 10.9. The molecule has 7 heteroatoms. The first-order valence-corrected chi connectivity index (χ1v) is 6.41. The van der Waals surface area contributed by atoms with E-state index in [9.17, 15) is 10.1 Å². The zero-order chi connectivity index (χ0) is 14.2. The fourth-order valence-corrected chi connectivity index (χ4v) is 2.27. The van der Waals surface area contributed by atoms with Crippen LogP contribution >= 0.6 is 15.9 Å². The summed E-state index contributed by atoms with van der Waals surface area (Å²) in [6, 6.07) is 5.88. The van der Waals surface area contributed by atoms with E-state index in [1.165, 1.54) is 4.68 Å². The van der Waals surface area contributed by atoms with E-state index in [1.807, 2.05) is 25.1 Å². The van der Waals surface area contributed by atoms with Crippen LogP contribution in [-0.2, 0) is 6.54 Å². The van der Waals surface area contributed by atoms with Crippen molar-refractivity contribution in [3.8, 4) is 0 Å². The summed E-state index contributed by atoms with van der Waals surface area (Å²) >= 11 is 3.45. The van der Waals surface area contributed by atoms with Crippen molar-refractivity contribution in [2.75, 3.05) is 5.73 Å². The Balaban J connectivity index is 2.36. The highest BCUT2D eigenvalue weighted by atomic mass is 79.9. The smallest absolute Gasteiger partial charge is 0.333 e. The molecular weight excluding hydrogens is 312 g/mol. The number of halogens is 1. The number of nitrogens with two attached hydrogens (primary N) is 1. The van der Waals surface area contributed by atoms with E-state index >= 15 is 0 Å². The minimum Gasteiger partial charge on any atom is -0.378 e. The van der Waals surface area contributed by atoms with Gasteiger partial charge in [-0.1, -0.05) is 28.1 Å². The maximum atomic E-state index is 10.9. The normalized spacial score (nSPS) is 10.7. The second kappa shape index (κ2) is 5.00. The highest BCUT2D eigenvalue weighted by molar-refractivity contribution is 9.10. The Morgan fingerprint density at radius 3 is 2.68 bits per heavy atom. The quantitative estimate of drug-likeness (QED) is 0.694. The molecule has 0 aliphatic rings. The lowest BCUT2D eigenvalue weighted by Crippen LogP contribution is -2.06. The number of nitro groups is 1. The number of rotatable bonds is 3. The summed E-state index contributed by atoms with van der Waals surface area (Å²) < 4.78 is 2.44. The molecule has 0 aliphatic heterocycles. The van der Waals surface area contributed by atoms with Crippen LogP contribution in [0.1, 0.15) is 16.8 Å². The predicted octanol–water partition coefficient (Wildman–Crippen LogP) is 2.80. The van der Waals surface area contributed by atoms with E-state index < -0.39 is 4.92 Å². The van der Waals surface area contributed by atoms with Gasteiger partial charge in [0.05, 0.1) is 11.5 Å². The Kier molecular flexibility index (Phi) is 3.57. The van der Waals surface area contributed by atoms with Gasteiger partial charge in [-0.3, -0.25) is 10.1 Å². The molecule has 0 amide bonds. The SMILES string of the molecule is Cc1ccc(Cn2nc(C)c([N+](=O)[O-])c2N)cc1Br. The number of hydrogen-bond donors (Lipinski definition) is 1. The van der Waals surface area contributed by atoms with Crippen molar-refractivity contribution in [2.45, 2.75) is 20.4 Å². The number of anilines is 1. The summed E-state index contributed by atoms with van der Waals surface area (Å²) in [5, 5.41) is 15.0. The zero-order valence-electron chi connectivity index (χ0n) is 10.6. The standard InChI is InChI=1S/C12H13BrN4O2/c1-7-3-4-9(5-10(7)13)6-16-12(14)11(17(18)19)8(2)15-16/h3-5H,6,14H2,1-2H3. The Hall–Kier alpha value is -1.89. The van der Waals surface area contributed by atoms with Crippen LogP contribution in [0.3, 0.4) is 0 Å². The molecule has 0 radical (unpaired) electrons. The van der Waals surface area contributed by atoms with Crippen LogP contribution in [0, 0.1) is 24.0 Å². The second-order valence-electron chi connectivity index (χ2n) is 4.32. The lowest BCUT2D eigenvalue weighted by Gasteiger charge is -2.05. The minimum absolute atomic E-state index is 0.0826. The highest BCUT2D eigenvalue weighted by Gasteiger charge is 2.22.